The van der Waals surface area contributed by atoms with Crippen LogP contribution in [-0.4, -0.2) is 69.3 Å². The predicted molar refractivity (Wildman–Crippen MR) is 179 cm³/mol. The Hall–Kier alpha value is -4.70. The third kappa shape index (κ3) is 5.94. The van der Waals surface area contributed by atoms with Crippen molar-refractivity contribution in [2.45, 2.75) is 78.7 Å². The molecule has 1 atom stereocenters. The van der Waals surface area contributed by atoms with Gasteiger partial charge in [-0.1, -0.05) is 6.07 Å². The Morgan fingerprint density at radius 2 is 1.71 bits per heavy atom. The predicted octanol–water partition coefficient (Wildman–Crippen LogP) is 7.79. The van der Waals surface area contributed by atoms with Gasteiger partial charge >= 0.3 is 12.2 Å². The van der Waals surface area contributed by atoms with E-state index in [9.17, 15) is 19.6 Å². The number of halogens is 2. The second-order valence-electron chi connectivity index (χ2n) is 14.2. The number of carbonyl (C=O) groups excluding carboxylic acids is 3. The number of aromatic nitrogens is 1. The average Bonchev–Trinajstić information content (AvgIpc) is 3.50. The van der Waals surface area contributed by atoms with E-state index in [0.717, 1.165) is 17.0 Å². The van der Waals surface area contributed by atoms with Gasteiger partial charge in [0.05, 0.1) is 27.4 Å². The Morgan fingerprint density at radius 1 is 1.00 bits per heavy atom. The van der Waals surface area contributed by atoms with Crippen LogP contribution in [0.1, 0.15) is 69.6 Å². The summed E-state index contributed by atoms with van der Waals surface area (Å²) in [5, 5.41) is 13.5. The third-order valence-electron chi connectivity index (χ3n) is 8.44. The van der Waals surface area contributed by atoms with E-state index >= 15 is 8.78 Å². The maximum absolute atomic E-state index is 16.5. The van der Waals surface area contributed by atoms with Crippen LogP contribution in [0.3, 0.4) is 0 Å². The van der Waals surface area contributed by atoms with Crippen LogP contribution in [0.4, 0.5) is 23.4 Å². The van der Waals surface area contributed by atoms with Gasteiger partial charge in [-0.2, -0.15) is 5.26 Å². The summed E-state index contributed by atoms with van der Waals surface area (Å²) in [4.78, 5) is 42.9. The molecule has 1 saturated heterocycles. The van der Waals surface area contributed by atoms with Crippen LogP contribution in [0.15, 0.2) is 24.3 Å². The van der Waals surface area contributed by atoms with Gasteiger partial charge in [0.1, 0.15) is 33.9 Å². The zero-order valence-corrected chi connectivity index (χ0v) is 28.7. The number of amides is 3. The van der Waals surface area contributed by atoms with E-state index in [1.165, 1.54) is 18.2 Å². The lowest BCUT2D eigenvalue weighted by Gasteiger charge is -2.42. The molecule has 2 aliphatic rings. The van der Waals surface area contributed by atoms with E-state index in [1.54, 1.807) is 57.4 Å². The molecule has 13 heteroatoms. The number of ether oxygens (including phenoxy) is 2. The molecule has 3 amide bonds. The number of rotatable bonds is 2. The number of nitrogens with one attached hydrogen (secondary N) is 1. The number of aryl methyl sites for hydroxylation is 2. The number of nitrogens with zero attached hydrogens (tertiary/aromatic N) is 4. The number of fused-ring (bicyclic) bond motifs is 2. The fourth-order valence-corrected chi connectivity index (χ4v) is 7.61. The number of nitriles is 1. The first-order valence-electron chi connectivity index (χ1n) is 15.7. The molecule has 4 heterocycles. The minimum Gasteiger partial charge on any atom is -0.444 e. The SMILES string of the molecule is Cc1cc2c(-c3ccc(F)c4sc(NC(=O)OC(C)(C)C)c(C#N)c34)c(F)cc3c2n1CCC1CN(C(=O)OC(C)(C)C)CCN1C3=O. The lowest BCUT2D eigenvalue weighted by molar-refractivity contribution is 0.00284. The topological polar surface area (TPSA) is 117 Å². The van der Waals surface area contributed by atoms with Gasteiger partial charge < -0.3 is 23.8 Å². The fourth-order valence-electron chi connectivity index (χ4n) is 6.54. The molecule has 2 aliphatic heterocycles. The normalized spacial score (nSPS) is 16.8. The molecular formula is C35H37F2N5O5S. The molecule has 48 heavy (non-hydrogen) atoms. The van der Waals surface area contributed by atoms with E-state index < -0.39 is 35.0 Å². The van der Waals surface area contributed by atoms with Gasteiger partial charge in [0, 0.05) is 48.2 Å². The van der Waals surface area contributed by atoms with Crippen molar-refractivity contribution in [3.8, 4) is 17.2 Å². The Labute approximate surface area is 280 Å². The molecule has 1 fully saturated rings. The van der Waals surface area contributed by atoms with Gasteiger partial charge in [0.25, 0.3) is 5.91 Å². The van der Waals surface area contributed by atoms with E-state index in [2.05, 4.69) is 11.4 Å². The molecule has 252 valence electrons. The van der Waals surface area contributed by atoms with E-state index in [1.807, 2.05) is 11.5 Å². The number of anilines is 1. The smallest absolute Gasteiger partial charge is 0.412 e. The van der Waals surface area contributed by atoms with Crippen molar-refractivity contribution in [2.24, 2.45) is 0 Å². The lowest BCUT2D eigenvalue weighted by Crippen LogP contribution is -2.57. The quantitative estimate of drug-likeness (QED) is 0.232. The molecule has 6 rings (SSSR count). The first-order valence-corrected chi connectivity index (χ1v) is 16.6. The van der Waals surface area contributed by atoms with Crippen molar-refractivity contribution >= 4 is 55.4 Å². The maximum atomic E-state index is 16.5. The van der Waals surface area contributed by atoms with Gasteiger partial charge in [-0.3, -0.25) is 10.1 Å². The van der Waals surface area contributed by atoms with Crippen LogP contribution in [0.5, 0.6) is 0 Å². The highest BCUT2D eigenvalue weighted by molar-refractivity contribution is 7.23. The van der Waals surface area contributed by atoms with E-state index in [4.69, 9.17) is 9.47 Å². The first-order chi connectivity index (χ1) is 22.5. The second kappa shape index (κ2) is 11.8. The van der Waals surface area contributed by atoms with Gasteiger partial charge in [0.15, 0.2) is 0 Å². The lowest BCUT2D eigenvalue weighted by atomic mass is 9.93. The number of hydrogen-bond acceptors (Lipinski definition) is 7. The van der Waals surface area contributed by atoms with Crippen molar-refractivity contribution in [3.63, 3.8) is 0 Å². The summed E-state index contributed by atoms with van der Waals surface area (Å²) in [6.07, 6.45) is -0.699. The molecule has 0 spiro atoms. The molecule has 0 aliphatic carbocycles. The molecule has 2 aromatic heterocycles. The average molecular weight is 678 g/mol. The highest BCUT2D eigenvalue weighted by Gasteiger charge is 2.38. The molecule has 1 N–H and O–H groups in total. The Bertz CT molecular complexity index is 2050. The van der Waals surface area contributed by atoms with Crippen LogP contribution in [-0.2, 0) is 16.0 Å². The number of hydrogen-bond donors (Lipinski definition) is 1. The highest BCUT2D eigenvalue weighted by Crippen LogP contribution is 2.46. The molecular weight excluding hydrogens is 640 g/mol. The molecule has 2 aromatic carbocycles. The third-order valence-corrected chi connectivity index (χ3v) is 9.55. The fraction of sp³-hybridized carbons (Fsp3) is 0.429. The Kier molecular flexibility index (Phi) is 8.14. The summed E-state index contributed by atoms with van der Waals surface area (Å²) in [5.74, 6) is -1.69. The standard InChI is InChI=1S/C35H37F2N5O5S/c1-18-14-21-26(20-8-9-24(36)29-27(20)23(16-38)30(48-29)39-32(44)46-34(2,3)4)25(37)15-22-28(21)41(18)11-10-19-17-40(12-13-42(19)31(22)43)33(45)47-35(5,6)7/h8-9,14-15,19H,10-13,17H2,1-7H3,(H,39,44). The van der Waals surface area contributed by atoms with Crippen LogP contribution >= 0.6 is 11.3 Å². The van der Waals surface area contributed by atoms with Gasteiger partial charge in [-0.25, -0.2) is 18.4 Å². The van der Waals surface area contributed by atoms with Crippen molar-refractivity contribution in [1.82, 2.24) is 14.4 Å². The molecule has 1 unspecified atom stereocenters. The zero-order chi connectivity index (χ0) is 34.9. The van der Waals surface area contributed by atoms with Gasteiger partial charge in [0.2, 0.25) is 0 Å². The minimum atomic E-state index is -0.809. The highest BCUT2D eigenvalue weighted by atomic mass is 32.1. The van der Waals surface area contributed by atoms with Crippen LogP contribution < -0.4 is 5.32 Å². The monoisotopic (exact) mass is 677 g/mol. The molecule has 4 aromatic rings. The van der Waals surface area contributed by atoms with Crippen LogP contribution in [0.2, 0.25) is 0 Å². The number of benzene rings is 2. The Morgan fingerprint density at radius 3 is 2.38 bits per heavy atom. The summed E-state index contributed by atoms with van der Waals surface area (Å²) in [7, 11) is 0. The van der Waals surface area contributed by atoms with E-state index in [-0.39, 0.29) is 62.4 Å². The van der Waals surface area contributed by atoms with Crippen molar-refractivity contribution in [3.05, 3.63) is 52.7 Å². The largest absolute Gasteiger partial charge is 0.444 e. The number of piperazine rings is 1. The van der Waals surface area contributed by atoms with E-state index in [0.29, 0.717) is 30.4 Å². The second-order valence-corrected chi connectivity index (χ2v) is 15.2. The number of carbonyl (C=O) groups is 3. The van der Waals surface area contributed by atoms with Crippen molar-refractivity contribution in [2.75, 3.05) is 25.0 Å². The van der Waals surface area contributed by atoms with Crippen LogP contribution in [0.25, 0.3) is 32.1 Å². The minimum absolute atomic E-state index is 0.0222. The summed E-state index contributed by atoms with van der Waals surface area (Å²) >= 11 is 0.866. The zero-order valence-electron chi connectivity index (χ0n) is 27.9. The Balaban J connectivity index is 1.45. The van der Waals surface area contributed by atoms with Gasteiger partial charge in [-0.05, 0) is 78.6 Å². The maximum Gasteiger partial charge on any atom is 0.412 e. The molecule has 0 bridgehead atoms. The summed E-state index contributed by atoms with van der Waals surface area (Å²) in [6.45, 7) is 13.7. The summed E-state index contributed by atoms with van der Waals surface area (Å²) < 4.78 is 44.8. The van der Waals surface area contributed by atoms with Crippen molar-refractivity contribution in [1.29, 1.82) is 5.26 Å². The molecule has 0 saturated carbocycles. The van der Waals surface area contributed by atoms with Crippen LogP contribution in [0, 0.1) is 29.9 Å². The first kappa shape index (κ1) is 33.2. The van der Waals surface area contributed by atoms with Gasteiger partial charge in [-0.15, -0.1) is 11.3 Å². The van der Waals surface area contributed by atoms with Crippen molar-refractivity contribution < 1.29 is 32.6 Å². The summed E-state index contributed by atoms with van der Waals surface area (Å²) in [6, 6.07) is 7.41. The number of thiophene rings is 1. The molecule has 10 nitrogen and oxygen atoms in total. The molecule has 0 radical (unpaired) electrons. The summed E-state index contributed by atoms with van der Waals surface area (Å²) in [5.41, 5.74) is 0.413.